The number of carbonyl (C=O) groups is 3. The molecule has 0 radical (unpaired) electrons. The predicted molar refractivity (Wildman–Crippen MR) is 226 cm³/mol. The molecule has 15 nitrogen and oxygen atoms in total. The lowest BCUT2D eigenvalue weighted by atomic mass is 9.78. The van der Waals surface area contributed by atoms with Gasteiger partial charge >= 0.3 is 11.8 Å². The summed E-state index contributed by atoms with van der Waals surface area (Å²) in [4.78, 5) is 53.2. The van der Waals surface area contributed by atoms with Gasteiger partial charge in [0.2, 0.25) is 0 Å². The Morgan fingerprint density at radius 2 is 1.66 bits per heavy atom. The van der Waals surface area contributed by atoms with Crippen LogP contribution in [-0.4, -0.2) is 105 Å². The average Bonchev–Trinajstić information content (AvgIpc) is 3.82. The van der Waals surface area contributed by atoms with Gasteiger partial charge in [-0.1, -0.05) is 45.9 Å². The Morgan fingerprint density at radius 3 is 2.34 bits per heavy atom. The van der Waals surface area contributed by atoms with Crippen molar-refractivity contribution in [2.45, 2.75) is 135 Å². The van der Waals surface area contributed by atoms with Crippen LogP contribution in [0.3, 0.4) is 0 Å². The van der Waals surface area contributed by atoms with Gasteiger partial charge in [-0.25, -0.2) is 4.99 Å². The fourth-order valence-corrected chi connectivity index (χ4v) is 10.2. The van der Waals surface area contributed by atoms with Crippen LogP contribution >= 0.6 is 0 Å². The van der Waals surface area contributed by atoms with Crippen molar-refractivity contribution in [3.8, 4) is 17.2 Å². The molecule has 1 amide bonds. The van der Waals surface area contributed by atoms with E-state index in [0.29, 0.717) is 24.6 Å². The average molecular weight is 845 g/mol. The first-order valence-electron chi connectivity index (χ1n) is 21.3. The number of benzene rings is 2. The number of rotatable bonds is 2. The standard InChI is InChI=1S/C46H60N4O11/c1-21-12-11-13-22(2)44(57)47-36-35-34(48-46(49-35)18-16-28-14-15-29(20-46)50(28)9)31-32(40(36)55)39(54)26(6)42-33(31)43(56)45(8,61-42)59-19-17-30(58-10)23(3)41(60-27(7)51)25(5)38(53)24(4)37(21)52/h11-13,17,19,21,23-25,28-30,37-38,41,48,52-55H,14-16,18,20H2,1-10H3/b12-11+,19-17+,22-13-,47-36?/t21-,23+,24+,25+,28-,29+,30-,37-,38+,41+,45-,46-/m0/s1. The number of hydrogen-bond donors (Lipinski definition) is 5. The molecular formula is C46H60N4O11. The number of nitrogens with zero attached hydrogens (tertiary/aromatic N) is 3. The lowest BCUT2D eigenvalue weighted by Crippen LogP contribution is -2.46. The molecule has 5 N–H and O–H groups in total. The summed E-state index contributed by atoms with van der Waals surface area (Å²) in [6, 6.07) is 0.598. The van der Waals surface area contributed by atoms with E-state index in [4.69, 9.17) is 23.9 Å². The number of phenolic OH excluding ortho intramolecular Hbond substituents is 2. The summed E-state index contributed by atoms with van der Waals surface area (Å²) in [6.45, 7) is 12.9. The largest absolute Gasteiger partial charge is 0.507 e. The summed E-state index contributed by atoms with van der Waals surface area (Å²) in [7, 11) is 3.60. The number of hydrogen-bond acceptors (Lipinski definition) is 14. The van der Waals surface area contributed by atoms with E-state index in [-0.39, 0.29) is 55.7 Å². The molecule has 1 spiro atoms. The number of methoxy groups -OCH3 is 1. The van der Waals surface area contributed by atoms with Crippen LogP contribution in [0.15, 0.2) is 46.1 Å². The lowest BCUT2D eigenvalue weighted by molar-refractivity contribution is -0.160. The number of fused-ring (bicyclic) bond motifs is 3. The minimum absolute atomic E-state index is 0.0617. The fourth-order valence-electron chi connectivity index (χ4n) is 10.2. The van der Waals surface area contributed by atoms with Crippen molar-refractivity contribution in [3.63, 3.8) is 0 Å². The van der Waals surface area contributed by atoms with Crippen LogP contribution in [0, 0.1) is 30.6 Å². The molecule has 5 aliphatic heterocycles. The van der Waals surface area contributed by atoms with Crippen molar-refractivity contribution < 1.29 is 53.8 Å². The highest BCUT2D eigenvalue weighted by atomic mass is 16.7. The third-order valence-corrected chi connectivity index (χ3v) is 14.1. The van der Waals surface area contributed by atoms with Crippen molar-refractivity contribution in [1.29, 1.82) is 0 Å². The van der Waals surface area contributed by atoms with Crippen LogP contribution in [0.2, 0.25) is 0 Å². The predicted octanol–water partition coefficient (Wildman–Crippen LogP) is 4.64. The van der Waals surface area contributed by atoms with E-state index in [1.54, 1.807) is 65.8 Å². The maximum Gasteiger partial charge on any atom is 0.312 e. The number of aliphatic hydroxyl groups excluding tert-OH is 2. The Morgan fingerprint density at radius 1 is 0.951 bits per heavy atom. The Balaban J connectivity index is 1.43. The molecule has 61 heavy (non-hydrogen) atoms. The van der Waals surface area contributed by atoms with Crippen molar-refractivity contribution in [2.24, 2.45) is 33.7 Å². The van der Waals surface area contributed by atoms with Crippen LogP contribution in [0.25, 0.3) is 10.8 Å². The van der Waals surface area contributed by atoms with Crippen molar-refractivity contribution in [2.75, 3.05) is 19.5 Å². The Labute approximate surface area is 355 Å². The summed E-state index contributed by atoms with van der Waals surface area (Å²) in [5.41, 5.74) is -0.0727. The van der Waals surface area contributed by atoms with Gasteiger partial charge in [-0.2, -0.15) is 0 Å². The highest BCUT2D eigenvalue weighted by molar-refractivity contribution is 6.21. The molecule has 7 rings (SSSR count). The molecular weight excluding hydrogens is 785 g/mol. The summed E-state index contributed by atoms with van der Waals surface area (Å²) in [5.74, 6) is -6.98. The number of aromatic hydroxyl groups is 2. The number of ether oxygens (including phenoxy) is 4. The molecule has 0 saturated carbocycles. The minimum atomic E-state index is -1.95. The number of ketones is 1. The van der Waals surface area contributed by atoms with Gasteiger partial charge < -0.3 is 49.6 Å². The zero-order chi connectivity index (χ0) is 44.5. The van der Waals surface area contributed by atoms with Gasteiger partial charge in [0.05, 0.1) is 41.2 Å². The number of anilines is 1. The van der Waals surface area contributed by atoms with Crippen LogP contribution in [-0.2, 0) is 23.8 Å². The highest BCUT2D eigenvalue weighted by Gasteiger charge is 2.51. The number of esters is 1. The summed E-state index contributed by atoms with van der Waals surface area (Å²) < 4.78 is 24.1. The summed E-state index contributed by atoms with van der Waals surface area (Å²) in [5, 5.41) is 50.8. The van der Waals surface area contributed by atoms with Gasteiger partial charge in [0, 0.05) is 79.7 Å². The van der Waals surface area contributed by atoms with Crippen molar-refractivity contribution in [1.82, 2.24) is 4.90 Å². The third-order valence-electron chi connectivity index (χ3n) is 14.1. The maximum atomic E-state index is 14.8. The lowest BCUT2D eigenvalue weighted by Gasteiger charge is -2.38. The van der Waals surface area contributed by atoms with Gasteiger partial charge in [-0.05, 0) is 52.7 Å². The number of nitrogens with one attached hydrogen (secondary N) is 1. The van der Waals surface area contributed by atoms with Crippen LogP contribution in [0.1, 0.15) is 96.5 Å². The molecule has 2 saturated heterocycles. The topological polar surface area (TPSA) is 209 Å². The second kappa shape index (κ2) is 16.5. The van der Waals surface area contributed by atoms with Crippen molar-refractivity contribution in [3.05, 3.63) is 58.0 Å². The molecule has 2 aromatic rings. The second-order valence-corrected chi connectivity index (χ2v) is 18.1. The summed E-state index contributed by atoms with van der Waals surface area (Å²) in [6.07, 6.45) is 8.12. The quantitative estimate of drug-likeness (QED) is 0.207. The molecule has 0 aliphatic carbocycles. The Hall–Kier alpha value is -4.83. The van der Waals surface area contributed by atoms with E-state index in [9.17, 15) is 34.8 Å². The van der Waals surface area contributed by atoms with E-state index in [1.165, 1.54) is 27.2 Å². The highest BCUT2D eigenvalue weighted by Crippen LogP contribution is 2.52. The fraction of sp³-hybridized carbons (Fsp3) is 0.587. The third kappa shape index (κ3) is 7.61. The van der Waals surface area contributed by atoms with Crippen LogP contribution in [0.5, 0.6) is 17.2 Å². The molecule has 15 heteroatoms. The first kappa shape index (κ1) is 44.2. The van der Waals surface area contributed by atoms with E-state index in [2.05, 4.69) is 22.3 Å². The molecule has 6 bridgehead atoms. The molecule has 12 atom stereocenters. The van der Waals surface area contributed by atoms with E-state index in [0.717, 1.165) is 19.3 Å². The zero-order valence-electron chi connectivity index (χ0n) is 36.7. The maximum absolute atomic E-state index is 14.8. The molecule has 5 aliphatic rings. The molecule has 330 valence electrons. The van der Waals surface area contributed by atoms with E-state index < -0.39 is 82.9 Å². The Kier molecular flexibility index (Phi) is 11.9. The molecule has 5 heterocycles. The van der Waals surface area contributed by atoms with Gasteiger partial charge in [-0.15, -0.1) is 0 Å². The SMILES string of the molecule is CO[C@H]1/C=C/O[C@@]2(C)Oc3c(C)c(O)c4c(O)c(c5c(c4c3C2=O)N[C@@]2(CC[C@@H]3CC[C@H](C2)N3C)N=5)=NC(=O)/C(C)=C\C=C\[C@H](C)[C@H](O)[C@@H](C)[C@@H](O)[C@@H](C)[C@H](OC(C)=O)[C@@H]1C. The summed E-state index contributed by atoms with van der Waals surface area (Å²) >= 11 is 0. The normalized spacial score (nSPS) is 37.5. The minimum Gasteiger partial charge on any atom is -0.507 e. The Bertz CT molecular complexity index is 2360. The van der Waals surface area contributed by atoms with Crippen LogP contribution in [0.4, 0.5) is 5.69 Å². The second-order valence-electron chi connectivity index (χ2n) is 18.1. The number of amides is 1. The zero-order valence-corrected chi connectivity index (χ0v) is 36.7. The number of allylic oxidation sites excluding steroid dienone is 2. The smallest absolute Gasteiger partial charge is 0.312 e. The number of Topliss-reactive ketones (excluding diaryl/α,β-unsaturated/α-hetero) is 1. The number of carbonyl (C=O) groups excluding carboxylic acids is 3. The first-order valence-corrected chi connectivity index (χ1v) is 21.3. The van der Waals surface area contributed by atoms with E-state index >= 15 is 0 Å². The van der Waals surface area contributed by atoms with E-state index in [1.807, 2.05) is 0 Å². The molecule has 0 aromatic heterocycles. The van der Waals surface area contributed by atoms with Crippen molar-refractivity contribution >= 4 is 34.1 Å². The van der Waals surface area contributed by atoms with Crippen LogP contribution < -0.4 is 20.8 Å². The molecule has 2 fully saturated rings. The molecule has 2 aromatic carbocycles. The monoisotopic (exact) mass is 844 g/mol. The number of phenols is 2. The van der Waals surface area contributed by atoms with Gasteiger partial charge in [0.15, 0.2) is 5.75 Å². The molecule has 0 unspecified atom stereocenters. The van der Waals surface area contributed by atoms with Gasteiger partial charge in [0.1, 0.15) is 34.0 Å². The first-order chi connectivity index (χ1) is 28.7. The number of aliphatic hydroxyl groups is 2. The van der Waals surface area contributed by atoms with Gasteiger partial charge in [0.25, 0.3) is 11.7 Å². The van der Waals surface area contributed by atoms with Gasteiger partial charge in [-0.3, -0.25) is 19.4 Å².